The lowest BCUT2D eigenvalue weighted by molar-refractivity contribution is 0.820. The van der Waals surface area contributed by atoms with Gasteiger partial charge in [0, 0.05) is 6.20 Å². The van der Waals surface area contributed by atoms with Crippen LogP contribution in [0.3, 0.4) is 0 Å². The van der Waals surface area contributed by atoms with Crippen molar-refractivity contribution in [3.63, 3.8) is 0 Å². The third kappa shape index (κ3) is 2.12. The minimum Gasteiger partial charge on any atom is -0.319 e. The van der Waals surface area contributed by atoms with Crippen LogP contribution in [-0.4, -0.2) is 4.98 Å². The summed E-state index contributed by atoms with van der Waals surface area (Å²) in [6, 6.07) is 12.0. The summed E-state index contributed by atoms with van der Waals surface area (Å²) in [5, 5.41) is 0. The first kappa shape index (κ1) is 10.8. The average Bonchev–Trinajstić information content (AvgIpc) is 2.32. The Morgan fingerprint density at radius 3 is 2.62 bits per heavy atom. The summed E-state index contributed by atoms with van der Waals surface area (Å²) in [5.74, 6) is 0. The van der Waals surface area contributed by atoms with E-state index in [1.807, 2.05) is 18.2 Å². The molecule has 0 fully saturated rings. The van der Waals surface area contributed by atoms with E-state index in [0.717, 1.165) is 11.3 Å². The minimum absolute atomic E-state index is 0.138. The fraction of sp³-hybridized carbons (Fsp3) is 0.214. The molecule has 2 heteroatoms. The van der Waals surface area contributed by atoms with Gasteiger partial charge in [-0.1, -0.05) is 29.8 Å². The quantitative estimate of drug-likeness (QED) is 0.831. The van der Waals surface area contributed by atoms with Crippen LogP contribution in [0, 0.1) is 13.8 Å². The van der Waals surface area contributed by atoms with Gasteiger partial charge in [-0.15, -0.1) is 0 Å². The van der Waals surface area contributed by atoms with Crippen molar-refractivity contribution in [1.82, 2.24) is 4.98 Å². The molecule has 1 aromatic heterocycles. The number of pyridine rings is 1. The van der Waals surface area contributed by atoms with Crippen LogP contribution in [0.1, 0.15) is 28.4 Å². The maximum Gasteiger partial charge on any atom is 0.0729 e. The molecule has 2 nitrogen and oxygen atoms in total. The molecule has 2 rings (SSSR count). The first-order chi connectivity index (χ1) is 7.68. The SMILES string of the molecule is Cc1ccc(C)c(C(N)c2ccccn2)c1. The summed E-state index contributed by atoms with van der Waals surface area (Å²) in [6.45, 7) is 4.16. The molecule has 1 heterocycles. The molecule has 0 saturated carbocycles. The van der Waals surface area contributed by atoms with Crippen LogP contribution < -0.4 is 5.73 Å². The van der Waals surface area contributed by atoms with Gasteiger partial charge in [-0.2, -0.15) is 0 Å². The van der Waals surface area contributed by atoms with Crippen LogP contribution in [0.2, 0.25) is 0 Å². The van der Waals surface area contributed by atoms with E-state index in [9.17, 15) is 0 Å². The molecule has 1 aromatic carbocycles. The van der Waals surface area contributed by atoms with Crippen LogP contribution in [0.5, 0.6) is 0 Å². The van der Waals surface area contributed by atoms with Gasteiger partial charge in [0.25, 0.3) is 0 Å². The Bertz CT molecular complexity index is 477. The predicted molar refractivity (Wildman–Crippen MR) is 66.2 cm³/mol. The summed E-state index contributed by atoms with van der Waals surface area (Å²) in [4.78, 5) is 4.30. The third-order valence-electron chi connectivity index (χ3n) is 2.78. The van der Waals surface area contributed by atoms with Crippen molar-refractivity contribution in [3.05, 3.63) is 65.0 Å². The molecular formula is C14H16N2. The van der Waals surface area contributed by atoms with Crippen molar-refractivity contribution >= 4 is 0 Å². The number of rotatable bonds is 2. The van der Waals surface area contributed by atoms with Gasteiger partial charge in [0.1, 0.15) is 0 Å². The highest BCUT2D eigenvalue weighted by Crippen LogP contribution is 2.21. The lowest BCUT2D eigenvalue weighted by Crippen LogP contribution is -2.14. The highest BCUT2D eigenvalue weighted by atomic mass is 14.8. The van der Waals surface area contributed by atoms with Crippen molar-refractivity contribution in [3.8, 4) is 0 Å². The average molecular weight is 212 g/mol. The Labute approximate surface area is 96.1 Å². The number of hydrogen-bond donors (Lipinski definition) is 1. The van der Waals surface area contributed by atoms with Gasteiger partial charge in [-0.3, -0.25) is 4.98 Å². The van der Waals surface area contributed by atoms with Crippen molar-refractivity contribution in [2.75, 3.05) is 0 Å². The molecule has 82 valence electrons. The van der Waals surface area contributed by atoms with Crippen LogP contribution in [0.4, 0.5) is 0 Å². The first-order valence-electron chi connectivity index (χ1n) is 5.42. The molecule has 0 aliphatic heterocycles. The van der Waals surface area contributed by atoms with E-state index in [2.05, 4.69) is 37.0 Å². The number of nitrogens with zero attached hydrogens (tertiary/aromatic N) is 1. The largest absolute Gasteiger partial charge is 0.319 e. The lowest BCUT2D eigenvalue weighted by atomic mass is 9.97. The highest BCUT2D eigenvalue weighted by Gasteiger charge is 2.12. The standard InChI is InChI=1S/C14H16N2/c1-10-6-7-11(2)12(9-10)14(15)13-5-3-4-8-16-13/h3-9,14H,15H2,1-2H3. The third-order valence-corrected chi connectivity index (χ3v) is 2.78. The zero-order valence-corrected chi connectivity index (χ0v) is 9.64. The summed E-state index contributed by atoms with van der Waals surface area (Å²) in [7, 11) is 0. The van der Waals surface area contributed by atoms with Gasteiger partial charge in [-0.05, 0) is 37.1 Å². The van der Waals surface area contributed by atoms with Crippen LogP contribution >= 0.6 is 0 Å². The van der Waals surface area contributed by atoms with Gasteiger partial charge in [0.2, 0.25) is 0 Å². The minimum atomic E-state index is -0.138. The van der Waals surface area contributed by atoms with Gasteiger partial charge in [0.15, 0.2) is 0 Å². The normalized spacial score (nSPS) is 12.4. The second-order valence-electron chi connectivity index (χ2n) is 4.09. The van der Waals surface area contributed by atoms with E-state index in [1.54, 1.807) is 6.20 Å². The number of hydrogen-bond acceptors (Lipinski definition) is 2. The topological polar surface area (TPSA) is 38.9 Å². The molecule has 0 amide bonds. The lowest BCUT2D eigenvalue weighted by Gasteiger charge is -2.14. The summed E-state index contributed by atoms with van der Waals surface area (Å²) in [5.41, 5.74) is 10.7. The maximum absolute atomic E-state index is 6.22. The van der Waals surface area contributed by atoms with E-state index in [4.69, 9.17) is 5.73 Å². The molecule has 1 unspecified atom stereocenters. The van der Waals surface area contributed by atoms with Gasteiger partial charge >= 0.3 is 0 Å². The molecule has 1 atom stereocenters. The van der Waals surface area contributed by atoms with E-state index in [-0.39, 0.29) is 6.04 Å². The fourth-order valence-electron chi connectivity index (χ4n) is 1.81. The molecule has 0 spiro atoms. The van der Waals surface area contributed by atoms with E-state index in [0.29, 0.717) is 0 Å². The monoisotopic (exact) mass is 212 g/mol. The number of aromatic nitrogens is 1. The molecule has 0 aliphatic rings. The molecule has 2 N–H and O–H groups in total. The second kappa shape index (κ2) is 4.45. The van der Waals surface area contributed by atoms with Crippen LogP contribution in [0.15, 0.2) is 42.6 Å². The van der Waals surface area contributed by atoms with Crippen molar-refractivity contribution in [1.29, 1.82) is 0 Å². The van der Waals surface area contributed by atoms with Crippen molar-refractivity contribution < 1.29 is 0 Å². The Morgan fingerprint density at radius 2 is 1.94 bits per heavy atom. The fourth-order valence-corrected chi connectivity index (χ4v) is 1.81. The van der Waals surface area contributed by atoms with Crippen molar-refractivity contribution in [2.45, 2.75) is 19.9 Å². The maximum atomic E-state index is 6.22. The van der Waals surface area contributed by atoms with Gasteiger partial charge in [0.05, 0.1) is 11.7 Å². The smallest absolute Gasteiger partial charge is 0.0729 e. The predicted octanol–water partition coefficient (Wildman–Crippen LogP) is 2.75. The highest BCUT2D eigenvalue weighted by molar-refractivity contribution is 5.36. The molecule has 0 radical (unpaired) electrons. The van der Waals surface area contributed by atoms with E-state index >= 15 is 0 Å². The molecule has 16 heavy (non-hydrogen) atoms. The van der Waals surface area contributed by atoms with E-state index in [1.165, 1.54) is 11.1 Å². The summed E-state index contributed by atoms with van der Waals surface area (Å²) < 4.78 is 0. The number of nitrogens with two attached hydrogens (primary N) is 1. The number of aryl methyl sites for hydroxylation is 2. The Hall–Kier alpha value is -1.67. The van der Waals surface area contributed by atoms with Crippen LogP contribution in [-0.2, 0) is 0 Å². The Balaban J connectivity index is 2.41. The summed E-state index contributed by atoms with van der Waals surface area (Å²) in [6.07, 6.45) is 1.78. The zero-order chi connectivity index (χ0) is 11.5. The molecular weight excluding hydrogens is 196 g/mol. The van der Waals surface area contributed by atoms with Gasteiger partial charge in [-0.25, -0.2) is 0 Å². The van der Waals surface area contributed by atoms with Crippen molar-refractivity contribution in [2.24, 2.45) is 5.73 Å². The van der Waals surface area contributed by atoms with Crippen LogP contribution in [0.25, 0.3) is 0 Å². The number of benzene rings is 1. The first-order valence-corrected chi connectivity index (χ1v) is 5.42. The molecule has 0 aliphatic carbocycles. The zero-order valence-electron chi connectivity index (χ0n) is 9.64. The second-order valence-corrected chi connectivity index (χ2v) is 4.09. The summed E-state index contributed by atoms with van der Waals surface area (Å²) >= 11 is 0. The Morgan fingerprint density at radius 1 is 1.12 bits per heavy atom. The molecule has 0 saturated heterocycles. The molecule has 0 bridgehead atoms. The van der Waals surface area contributed by atoms with Gasteiger partial charge < -0.3 is 5.73 Å². The van der Waals surface area contributed by atoms with E-state index < -0.39 is 0 Å². The molecule has 2 aromatic rings. The Kier molecular flexibility index (Phi) is 3.02.